The molecule has 0 atom stereocenters. The molecule has 5 N–H and O–H groups in total. The van der Waals surface area contributed by atoms with Crippen molar-refractivity contribution in [1.82, 2.24) is 0 Å². The van der Waals surface area contributed by atoms with E-state index < -0.39 is 22.6 Å². The van der Waals surface area contributed by atoms with Gasteiger partial charge in [0, 0.05) is 22.8 Å². The van der Waals surface area contributed by atoms with Crippen molar-refractivity contribution >= 4 is 45.2 Å². The molecule has 3 aromatic carbocycles. The van der Waals surface area contributed by atoms with Crippen molar-refractivity contribution < 1.29 is 32.4 Å². The molecule has 0 amide bonds. The van der Waals surface area contributed by atoms with E-state index in [-0.39, 0.29) is 11.1 Å². The van der Waals surface area contributed by atoms with E-state index in [4.69, 9.17) is 4.55 Å². The maximum atomic E-state index is 11.3. The highest BCUT2D eigenvalue weighted by Crippen LogP contribution is 2.35. The molecule has 0 bridgehead atoms. The van der Waals surface area contributed by atoms with Crippen molar-refractivity contribution in [3.05, 3.63) is 54.6 Å². The highest BCUT2D eigenvalue weighted by atomic mass is 32.2. The average Bonchev–Trinajstić information content (AvgIpc) is 2.53. The Bertz CT molecular complexity index is 1150. The lowest BCUT2D eigenvalue weighted by molar-refractivity contribution is 0.387. The first-order chi connectivity index (χ1) is 12.0. The van der Waals surface area contributed by atoms with Gasteiger partial charge < -0.3 is 20.2 Å². The predicted octanol–water partition coefficient (Wildman–Crippen LogP) is 2.34. The lowest BCUT2D eigenvalue weighted by Gasteiger charge is -2.11. The zero-order valence-electron chi connectivity index (χ0n) is 13.1. The fourth-order valence-corrected chi connectivity index (χ4v) is 3.61. The molecular formula is C16H14NO7PS. The fourth-order valence-electron chi connectivity index (χ4n) is 2.48. The van der Waals surface area contributed by atoms with Crippen LogP contribution in [0.15, 0.2) is 59.5 Å². The predicted molar refractivity (Wildman–Crippen MR) is 96.8 cm³/mol. The summed E-state index contributed by atoms with van der Waals surface area (Å²) in [4.78, 5) is 18.0. The summed E-state index contributed by atoms with van der Waals surface area (Å²) in [5, 5.41) is 13.5. The molecule has 10 heteroatoms. The lowest BCUT2D eigenvalue weighted by Crippen LogP contribution is -2.04. The van der Waals surface area contributed by atoms with Crippen molar-refractivity contribution in [2.45, 2.75) is 4.90 Å². The molecule has 0 radical (unpaired) electrons. The summed E-state index contributed by atoms with van der Waals surface area (Å²) in [6.45, 7) is 0. The molecule has 0 aliphatic carbocycles. The minimum absolute atomic E-state index is 0.144. The molecular weight excluding hydrogens is 381 g/mol. The second kappa shape index (κ2) is 6.39. The second-order valence-electron chi connectivity index (χ2n) is 5.57. The minimum atomic E-state index is -4.48. The van der Waals surface area contributed by atoms with E-state index in [0.717, 1.165) is 6.07 Å². The van der Waals surface area contributed by atoms with Crippen LogP contribution in [0, 0.1) is 0 Å². The quantitative estimate of drug-likeness (QED) is 0.334. The standard InChI is InChI=1S/C16H14NO7PS/c18-16-9-14(26(22,23)24)7-10-6-12(4-5-15(10)16)17-11-2-1-3-13(8-11)25(19,20)21/h1-9,17-18H,(H2,19,20,21)(H,22,23,24). The summed E-state index contributed by atoms with van der Waals surface area (Å²) < 4.78 is 43.1. The van der Waals surface area contributed by atoms with Gasteiger partial charge in [-0.15, -0.1) is 0 Å². The van der Waals surface area contributed by atoms with E-state index in [1.54, 1.807) is 18.2 Å². The Morgan fingerprint density at radius 3 is 2.27 bits per heavy atom. The van der Waals surface area contributed by atoms with Gasteiger partial charge in [0.15, 0.2) is 0 Å². The van der Waals surface area contributed by atoms with Gasteiger partial charge in [0.25, 0.3) is 10.1 Å². The van der Waals surface area contributed by atoms with Gasteiger partial charge in [-0.2, -0.15) is 8.42 Å². The Labute approximate surface area is 148 Å². The third-order valence-electron chi connectivity index (χ3n) is 3.67. The first-order valence-corrected chi connectivity index (χ1v) is 10.3. The van der Waals surface area contributed by atoms with E-state index in [1.165, 1.54) is 30.3 Å². The summed E-state index contributed by atoms with van der Waals surface area (Å²) in [6, 6.07) is 12.6. The zero-order chi connectivity index (χ0) is 19.1. The fraction of sp³-hybridized carbons (Fsp3) is 0. The van der Waals surface area contributed by atoms with Gasteiger partial charge in [0.05, 0.1) is 10.2 Å². The summed E-state index contributed by atoms with van der Waals surface area (Å²) >= 11 is 0. The number of hydrogen-bond donors (Lipinski definition) is 5. The van der Waals surface area contributed by atoms with Gasteiger partial charge in [0.2, 0.25) is 0 Å². The SMILES string of the molecule is O=P(O)(O)c1cccc(Nc2ccc3c(O)cc(S(=O)(=O)O)cc3c2)c1. The molecule has 0 aromatic heterocycles. The number of phenols is 1. The number of benzene rings is 3. The number of rotatable bonds is 4. The number of fused-ring (bicyclic) bond motifs is 1. The highest BCUT2D eigenvalue weighted by Gasteiger charge is 2.17. The Morgan fingerprint density at radius 1 is 0.923 bits per heavy atom. The molecule has 0 heterocycles. The summed E-state index contributed by atoms with van der Waals surface area (Å²) in [5.41, 5.74) is 0.910. The average molecular weight is 395 g/mol. The maximum Gasteiger partial charge on any atom is 0.356 e. The van der Waals surface area contributed by atoms with E-state index >= 15 is 0 Å². The zero-order valence-corrected chi connectivity index (χ0v) is 14.8. The van der Waals surface area contributed by atoms with Crippen LogP contribution in [-0.4, -0.2) is 27.9 Å². The largest absolute Gasteiger partial charge is 0.507 e. The highest BCUT2D eigenvalue weighted by molar-refractivity contribution is 7.85. The number of hydrogen-bond acceptors (Lipinski definition) is 5. The minimum Gasteiger partial charge on any atom is -0.507 e. The van der Waals surface area contributed by atoms with Gasteiger partial charge in [-0.1, -0.05) is 6.07 Å². The van der Waals surface area contributed by atoms with Gasteiger partial charge in [0.1, 0.15) is 5.75 Å². The van der Waals surface area contributed by atoms with Crippen LogP contribution in [0.5, 0.6) is 5.75 Å². The van der Waals surface area contributed by atoms with Crippen molar-refractivity contribution in [2.24, 2.45) is 0 Å². The number of phenolic OH excluding ortho intramolecular Hbond substituents is 1. The molecule has 8 nitrogen and oxygen atoms in total. The normalized spacial score (nSPS) is 12.3. The number of aromatic hydroxyl groups is 1. The second-order valence-corrected chi connectivity index (χ2v) is 8.60. The van der Waals surface area contributed by atoms with E-state index in [2.05, 4.69) is 5.32 Å². The Kier molecular flexibility index (Phi) is 4.51. The third-order valence-corrected chi connectivity index (χ3v) is 5.46. The molecule has 0 fully saturated rings. The van der Waals surface area contributed by atoms with Crippen LogP contribution in [0.25, 0.3) is 10.8 Å². The van der Waals surface area contributed by atoms with E-state index in [9.17, 15) is 27.9 Å². The van der Waals surface area contributed by atoms with Crippen LogP contribution < -0.4 is 10.6 Å². The smallest absolute Gasteiger partial charge is 0.356 e. The third kappa shape index (κ3) is 3.87. The van der Waals surface area contributed by atoms with Gasteiger partial charge in [-0.05, 0) is 47.9 Å². The molecule has 136 valence electrons. The number of nitrogens with one attached hydrogen (secondary N) is 1. The Morgan fingerprint density at radius 2 is 1.62 bits per heavy atom. The molecule has 0 aliphatic rings. The Balaban J connectivity index is 2.03. The molecule has 0 spiro atoms. The van der Waals surface area contributed by atoms with Crippen LogP contribution in [0.4, 0.5) is 11.4 Å². The van der Waals surface area contributed by atoms with Crippen LogP contribution in [0.2, 0.25) is 0 Å². The molecule has 0 unspecified atom stereocenters. The van der Waals surface area contributed by atoms with Crippen molar-refractivity contribution in [3.63, 3.8) is 0 Å². The monoisotopic (exact) mass is 395 g/mol. The topological polar surface area (TPSA) is 144 Å². The van der Waals surface area contributed by atoms with Crippen molar-refractivity contribution in [3.8, 4) is 5.75 Å². The van der Waals surface area contributed by atoms with Gasteiger partial charge in [-0.3, -0.25) is 9.12 Å². The summed E-state index contributed by atoms with van der Waals surface area (Å²) in [7, 11) is -8.87. The molecule has 0 aliphatic heterocycles. The van der Waals surface area contributed by atoms with Crippen LogP contribution >= 0.6 is 7.60 Å². The van der Waals surface area contributed by atoms with Gasteiger partial charge in [-0.25, -0.2) is 0 Å². The molecule has 3 aromatic rings. The first-order valence-electron chi connectivity index (χ1n) is 7.21. The lowest BCUT2D eigenvalue weighted by atomic mass is 10.1. The van der Waals surface area contributed by atoms with E-state index in [0.29, 0.717) is 22.1 Å². The van der Waals surface area contributed by atoms with Crippen molar-refractivity contribution in [1.29, 1.82) is 0 Å². The maximum absolute atomic E-state index is 11.3. The van der Waals surface area contributed by atoms with Gasteiger partial charge >= 0.3 is 7.60 Å². The van der Waals surface area contributed by atoms with Crippen LogP contribution in [0.1, 0.15) is 0 Å². The molecule has 3 rings (SSSR count). The summed E-state index contributed by atoms with van der Waals surface area (Å²) in [6.07, 6.45) is 0. The van der Waals surface area contributed by atoms with Crippen LogP contribution in [0.3, 0.4) is 0 Å². The number of anilines is 2. The first kappa shape index (κ1) is 18.4. The Hall–Kier alpha value is -2.42. The van der Waals surface area contributed by atoms with Crippen LogP contribution in [-0.2, 0) is 14.7 Å². The summed E-state index contributed by atoms with van der Waals surface area (Å²) in [5.74, 6) is -0.301. The van der Waals surface area contributed by atoms with Crippen molar-refractivity contribution in [2.75, 3.05) is 5.32 Å². The molecule has 0 saturated heterocycles. The molecule has 0 saturated carbocycles. The van der Waals surface area contributed by atoms with E-state index in [1.807, 2.05) is 0 Å². The molecule has 26 heavy (non-hydrogen) atoms.